The lowest BCUT2D eigenvalue weighted by molar-refractivity contribution is -0.146. The lowest BCUT2D eigenvalue weighted by Gasteiger charge is -2.13. The average Bonchev–Trinajstić information content (AvgIpc) is 2.99. The molecule has 0 unspecified atom stereocenters. The molecular formula is C22H27NO6. The van der Waals surface area contributed by atoms with E-state index in [1.165, 1.54) is 13.8 Å². The van der Waals surface area contributed by atoms with Gasteiger partial charge in [0, 0.05) is 17.7 Å². The highest BCUT2D eigenvalue weighted by molar-refractivity contribution is 6.05. The number of ketones is 2. The second-order valence-electron chi connectivity index (χ2n) is 6.87. The standard InChI is InChI=1S/C22H27NO6/c1-12-20(14(3)24)13(2)23-21(12)22(26)15(4)29-19(25)10-8-16-7-9-17(27-5)18(11-16)28-6/h7,9,11,15,23H,8,10H2,1-6H3/t15-/m1/s1. The normalized spacial score (nSPS) is 11.7. The number of carbonyl (C=O) groups is 3. The van der Waals surface area contributed by atoms with Crippen molar-refractivity contribution in [2.75, 3.05) is 14.2 Å². The monoisotopic (exact) mass is 401 g/mol. The maximum Gasteiger partial charge on any atom is 0.306 e. The van der Waals surface area contributed by atoms with E-state index in [9.17, 15) is 14.4 Å². The number of rotatable bonds is 9. The quantitative estimate of drug-likeness (QED) is 0.510. The Morgan fingerprint density at radius 3 is 2.28 bits per heavy atom. The molecule has 0 aliphatic rings. The summed E-state index contributed by atoms with van der Waals surface area (Å²) in [4.78, 5) is 39.6. The number of benzene rings is 1. The minimum Gasteiger partial charge on any atom is -0.493 e. The van der Waals surface area contributed by atoms with E-state index < -0.39 is 12.1 Å². The van der Waals surface area contributed by atoms with E-state index in [1.807, 2.05) is 6.07 Å². The SMILES string of the molecule is COc1ccc(CCC(=O)O[C@H](C)C(=O)c2[nH]c(C)c(C(C)=O)c2C)cc1OC. The zero-order valence-electron chi connectivity index (χ0n) is 17.7. The number of carbonyl (C=O) groups excluding carboxylic acids is 3. The van der Waals surface area contributed by atoms with Gasteiger partial charge in [-0.15, -0.1) is 0 Å². The molecule has 0 bridgehead atoms. The van der Waals surface area contributed by atoms with E-state index in [4.69, 9.17) is 14.2 Å². The molecule has 156 valence electrons. The highest BCUT2D eigenvalue weighted by Crippen LogP contribution is 2.28. The Morgan fingerprint density at radius 1 is 1.07 bits per heavy atom. The third-order valence-electron chi connectivity index (χ3n) is 4.78. The Bertz CT molecular complexity index is 928. The molecule has 1 aromatic heterocycles. The topological polar surface area (TPSA) is 94.7 Å². The second kappa shape index (κ2) is 9.41. The predicted octanol–water partition coefficient (Wildman–Crippen LogP) is 3.60. The molecule has 1 N–H and O–H groups in total. The van der Waals surface area contributed by atoms with Gasteiger partial charge in [0.2, 0.25) is 5.78 Å². The highest BCUT2D eigenvalue weighted by Gasteiger charge is 2.25. The van der Waals surface area contributed by atoms with Crippen LogP contribution in [0.2, 0.25) is 0 Å². The first-order chi connectivity index (χ1) is 13.7. The summed E-state index contributed by atoms with van der Waals surface area (Å²) >= 11 is 0. The summed E-state index contributed by atoms with van der Waals surface area (Å²) in [5.41, 5.74) is 2.90. The molecule has 0 amide bonds. The summed E-state index contributed by atoms with van der Waals surface area (Å²) in [5, 5.41) is 0. The number of ether oxygens (including phenoxy) is 3. The zero-order valence-corrected chi connectivity index (χ0v) is 17.7. The fourth-order valence-electron chi connectivity index (χ4n) is 3.32. The fraction of sp³-hybridized carbons (Fsp3) is 0.409. The molecule has 0 saturated carbocycles. The van der Waals surface area contributed by atoms with Gasteiger partial charge >= 0.3 is 5.97 Å². The van der Waals surface area contributed by atoms with Gasteiger partial charge in [0.05, 0.1) is 19.9 Å². The van der Waals surface area contributed by atoms with Gasteiger partial charge in [-0.05, 0) is 57.4 Å². The first-order valence-corrected chi connectivity index (χ1v) is 9.34. The van der Waals surface area contributed by atoms with E-state index in [-0.39, 0.29) is 18.0 Å². The van der Waals surface area contributed by atoms with E-state index in [1.54, 1.807) is 40.2 Å². The van der Waals surface area contributed by atoms with Gasteiger partial charge in [-0.3, -0.25) is 14.4 Å². The first-order valence-electron chi connectivity index (χ1n) is 9.34. The Hall–Kier alpha value is -3.09. The Balaban J connectivity index is 2.00. The number of methoxy groups -OCH3 is 2. The van der Waals surface area contributed by atoms with E-state index in [0.29, 0.717) is 40.4 Å². The molecule has 0 saturated heterocycles. The summed E-state index contributed by atoms with van der Waals surface area (Å²) in [6.07, 6.45) is -0.395. The van der Waals surface area contributed by atoms with Crippen LogP contribution >= 0.6 is 0 Å². The second-order valence-corrected chi connectivity index (χ2v) is 6.87. The van der Waals surface area contributed by atoms with Crippen molar-refractivity contribution in [2.24, 2.45) is 0 Å². The molecule has 0 aliphatic carbocycles. The van der Waals surface area contributed by atoms with Crippen LogP contribution < -0.4 is 9.47 Å². The van der Waals surface area contributed by atoms with Crippen LogP contribution in [0.1, 0.15) is 57.9 Å². The molecule has 0 fully saturated rings. The van der Waals surface area contributed by atoms with Crippen LogP contribution in [0.15, 0.2) is 18.2 Å². The number of H-pyrrole nitrogens is 1. The molecular weight excluding hydrogens is 374 g/mol. The van der Waals surface area contributed by atoms with E-state index in [2.05, 4.69) is 4.98 Å². The summed E-state index contributed by atoms with van der Waals surface area (Å²) in [5.74, 6) is 0.237. The number of Topliss-reactive ketones (excluding diaryl/α,β-unsaturated/α-hetero) is 2. The smallest absolute Gasteiger partial charge is 0.306 e. The van der Waals surface area contributed by atoms with Gasteiger partial charge in [0.1, 0.15) is 0 Å². The van der Waals surface area contributed by atoms with Gasteiger partial charge < -0.3 is 19.2 Å². The van der Waals surface area contributed by atoms with Crippen molar-refractivity contribution < 1.29 is 28.6 Å². The van der Waals surface area contributed by atoms with Crippen molar-refractivity contribution in [2.45, 2.75) is 46.6 Å². The van der Waals surface area contributed by atoms with Crippen LogP contribution in [0.4, 0.5) is 0 Å². The van der Waals surface area contributed by atoms with Crippen molar-refractivity contribution >= 4 is 17.5 Å². The Morgan fingerprint density at radius 2 is 1.72 bits per heavy atom. The molecule has 0 spiro atoms. The Labute approximate surface area is 170 Å². The largest absolute Gasteiger partial charge is 0.493 e. The molecule has 2 rings (SSSR count). The van der Waals surface area contributed by atoms with Crippen molar-refractivity contribution in [1.29, 1.82) is 0 Å². The summed E-state index contributed by atoms with van der Waals surface area (Å²) in [7, 11) is 3.10. The lowest BCUT2D eigenvalue weighted by Crippen LogP contribution is -2.25. The number of esters is 1. The van der Waals surface area contributed by atoms with Crippen LogP contribution in [-0.4, -0.2) is 42.8 Å². The molecule has 7 heteroatoms. The fourth-order valence-corrected chi connectivity index (χ4v) is 3.32. The van der Waals surface area contributed by atoms with Gasteiger partial charge in [0.25, 0.3) is 0 Å². The minimum atomic E-state index is -0.954. The number of nitrogens with one attached hydrogen (secondary N) is 1. The zero-order chi connectivity index (χ0) is 21.7. The third-order valence-corrected chi connectivity index (χ3v) is 4.78. The van der Waals surface area contributed by atoms with Crippen molar-refractivity contribution in [1.82, 2.24) is 4.98 Å². The van der Waals surface area contributed by atoms with Crippen LogP contribution in [0, 0.1) is 13.8 Å². The molecule has 0 aliphatic heterocycles. The van der Waals surface area contributed by atoms with Crippen molar-refractivity contribution in [3.05, 3.63) is 46.3 Å². The number of hydrogen-bond donors (Lipinski definition) is 1. The van der Waals surface area contributed by atoms with Gasteiger partial charge in [-0.25, -0.2) is 0 Å². The maximum atomic E-state index is 12.7. The van der Waals surface area contributed by atoms with Gasteiger partial charge in [0.15, 0.2) is 23.4 Å². The van der Waals surface area contributed by atoms with Crippen LogP contribution in [0.25, 0.3) is 0 Å². The predicted molar refractivity (Wildman–Crippen MR) is 108 cm³/mol. The molecule has 1 aromatic carbocycles. The molecule has 0 radical (unpaired) electrons. The van der Waals surface area contributed by atoms with Gasteiger partial charge in [-0.2, -0.15) is 0 Å². The average molecular weight is 401 g/mol. The number of hydrogen-bond acceptors (Lipinski definition) is 6. The molecule has 1 atom stereocenters. The van der Waals surface area contributed by atoms with Crippen molar-refractivity contribution in [3.63, 3.8) is 0 Å². The summed E-state index contributed by atoms with van der Waals surface area (Å²) in [6, 6.07) is 5.42. The molecule has 7 nitrogen and oxygen atoms in total. The van der Waals surface area contributed by atoms with E-state index in [0.717, 1.165) is 5.56 Å². The molecule has 2 aromatic rings. The Kier molecular flexibility index (Phi) is 7.20. The maximum absolute atomic E-state index is 12.7. The molecule has 1 heterocycles. The first kappa shape index (κ1) is 22.2. The highest BCUT2D eigenvalue weighted by atomic mass is 16.5. The van der Waals surface area contributed by atoms with E-state index >= 15 is 0 Å². The number of aromatic amines is 1. The summed E-state index contributed by atoms with van der Waals surface area (Å²) in [6.45, 7) is 6.42. The lowest BCUT2D eigenvalue weighted by atomic mass is 10.0. The van der Waals surface area contributed by atoms with Crippen LogP contribution in [-0.2, 0) is 16.0 Å². The molecule has 29 heavy (non-hydrogen) atoms. The van der Waals surface area contributed by atoms with Crippen LogP contribution in [0.3, 0.4) is 0 Å². The number of aryl methyl sites for hydroxylation is 2. The number of aromatic nitrogens is 1. The van der Waals surface area contributed by atoms with Gasteiger partial charge in [-0.1, -0.05) is 6.07 Å². The van der Waals surface area contributed by atoms with Crippen molar-refractivity contribution in [3.8, 4) is 11.5 Å². The third kappa shape index (κ3) is 5.04. The summed E-state index contributed by atoms with van der Waals surface area (Å²) < 4.78 is 15.8. The van der Waals surface area contributed by atoms with Crippen LogP contribution in [0.5, 0.6) is 11.5 Å². The minimum absolute atomic E-state index is 0.116.